The van der Waals surface area contributed by atoms with Crippen molar-refractivity contribution >= 4 is 17.3 Å². The minimum Gasteiger partial charge on any atom is -0.394 e. The molecular weight excluding hydrogens is 274 g/mol. The number of hydrogen-bond acceptors (Lipinski definition) is 5. The molecule has 1 heterocycles. The molecule has 1 aliphatic rings. The van der Waals surface area contributed by atoms with Gasteiger partial charge < -0.3 is 14.9 Å². The van der Waals surface area contributed by atoms with Gasteiger partial charge in [0.15, 0.2) is 0 Å². The third-order valence-electron chi connectivity index (χ3n) is 3.72. The van der Waals surface area contributed by atoms with Gasteiger partial charge in [0.25, 0.3) is 11.6 Å². The lowest BCUT2D eigenvalue weighted by Gasteiger charge is -2.25. The number of rotatable bonds is 4. The molecule has 0 spiro atoms. The first-order chi connectivity index (χ1) is 9.95. The zero-order valence-corrected chi connectivity index (χ0v) is 12.2. The number of aliphatic hydroxyl groups excluding tert-OH is 1. The van der Waals surface area contributed by atoms with Crippen LogP contribution in [-0.2, 0) is 0 Å². The van der Waals surface area contributed by atoms with Gasteiger partial charge in [0, 0.05) is 32.3 Å². The third-order valence-corrected chi connectivity index (χ3v) is 3.72. The number of carbonyl (C=O) groups excluding carboxylic acids is 1. The molecule has 0 radical (unpaired) electrons. The van der Waals surface area contributed by atoms with E-state index in [4.69, 9.17) is 0 Å². The van der Waals surface area contributed by atoms with E-state index in [-0.39, 0.29) is 24.2 Å². The highest BCUT2D eigenvalue weighted by atomic mass is 16.6. The van der Waals surface area contributed by atoms with Gasteiger partial charge in [0.1, 0.15) is 5.69 Å². The fraction of sp³-hybridized carbons (Fsp3) is 0.500. The van der Waals surface area contributed by atoms with Crippen molar-refractivity contribution in [2.24, 2.45) is 0 Å². The van der Waals surface area contributed by atoms with E-state index in [1.165, 1.54) is 17.0 Å². The number of nitro benzene ring substituents is 1. The molecule has 1 amide bonds. The summed E-state index contributed by atoms with van der Waals surface area (Å²) in [5.41, 5.74) is 0.777. The van der Waals surface area contributed by atoms with Crippen LogP contribution in [0.2, 0.25) is 0 Å². The third kappa shape index (κ3) is 2.97. The molecule has 2 rings (SSSR count). The van der Waals surface area contributed by atoms with Crippen LogP contribution in [0.1, 0.15) is 23.2 Å². The van der Waals surface area contributed by atoms with Crippen LogP contribution in [-0.4, -0.2) is 54.1 Å². The van der Waals surface area contributed by atoms with Crippen molar-refractivity contribution in [2.45, 2.75) is 18.9 Å². The summed E-state index contributed by atoms with van der Waals surface area (Å²) in [6.45, 7) is 0.592. The number of carbonyl (C=O) groups is 1. The minimum atomic E-state index is -0.452. The quantitative estimate of drug-likeness (QED) is 0.667. The molecule has 0 aliphatic carbocycles. The second-order valence-electron chi connectivity index (χ2n) is 5.33. The van der Waals surface area contributed by atoms with Crippen molar-refractivity contribution in [3.63, 3.8) is 0 Å². The largest absolute Gasteiger partial charge is 0.394 e. The highest BCUT2D eigenvalue weighted by Crippen LogP contribution is 2.34. The van der Waals surface area contributed by atoms with Gasteiger partial charge in [0.05, 0.1) is 17.6 Å². The van der Waals surface area contributed by atoms with E-state index in [1.54, 1.807) is 20.2 Å². The zero-order chi connectivity index (χ0) is 15.6. The molecule has 1 aliphatic heterocycles. The summed E-state index contributed by atoms with van der Waals surface area (Å²) < 4.78 is 0. The Hall–Kier alpha value is -2.15. The van der Waals surface area contributed by atoms with Gasteiger partial charge >= 0.3 is 0 Å². The molecular formula is C14H19N3O4. The van der Waals surface area contributed by atoms with E-state index >= 15 is 0 Å². The van der Waals surface area contributed by atoms with Gasteiger partial charge in [-0.25, -0.2) is 0 Å². The summed E-state index contributed by atoms with van der Waals surface area (Å²) in [7, 11) is 3.27. The Morgan fingerprint density at radius 2 is 2.24 bits per heavy atom. The van der Waals surface area contributed by atoms with Gasteiger partial charge in [-0.1, -0.05) is 0 Å². The molecule has 1 aromatic carbocycles. The van der Waals surface area contributed by atoms with Gasteiger partial charge in [-0.3, -0.25) is 14.9 Å². The molecule has 7 heteroatoms. The number of benzene rings is 1. The number of nitrogens with zero attached hydrogens (tertiary/aromatic N) is 3. The maximum Gasteiger partial charge on any atom is 0.292 e. The van der Waals surface area contributed by atoms with Crippen LogP contribution in [0.25, 0.3) is 0 Å². The summed E-state index contributed by atoms with van der Waals surface area (Å²) in [6.07, 6.45) is 1.66. The van der Waals surface area contributed by atoms with Crippen molar-refractivity contribution < 1.29 is 14.8 Å². The lowest BCUT2D eigenvalue weighted by atomic mass is 10.1. The van der Waals surface area contributed by atoms with E-state index in [0.29, 0.717) is 17.8 Å². The molecule has 1 fully saturated rings. The number of amides is 1. The van der Waals surface area contributed by atoms with Crippen LogP contribution in [0, 0.1) is 10.1 Å². The van der Waals surface area contributed by atoms with Gasteiger partial charge in [-0.15, -0.1) is 0 Å². The summed E-state index contributed by atoms with van der Waals surface area (Å²) in [6, 6.07) is 4.25. The lowest BCUT2D eigenvalue weighted by Crippen LogP contribution is -2.33. The second kappa shape index (κ2) is 6.09. The average molecular weight is 293 g/mol. The monoisotopic (exact) mass is 293 g/mol. The molecule has 1 saturated heterocycles. The Morgan fingerprint density at radius 3 is 2.81 bits per heavy atom. The fourth-order valence-electron chi connectivity index (χ4n) is 2.64. The summed E-state index contributed by atoms with van der Waals surface area (Å²) in [5, 5.41) is 20.6. The number of aliphatic hydroxyl groups is 1. The van der Waals surface area contributed by atoms with Crippen molar-refractivity contribution in [1.29, 1.82) is 0 Å². The fourth-order valence-corrected chi connectivity index (χ4v) is 2.64. The SMILES string of the molecule is CN(C)C(=O)c1ccc([N+](=O)[O-])c(N2CCCC2CO)c1. The maximum absolute atomic E-state index is 12.0. The lowest BCUT2D eigenvalue weighted by molar-refractivity contribution is -0.384. The van der Waals surface area contributed by atoms with Crippen LogP contribution < -0.4 is 4.90 Å². The molecule has 1 aromatic rings. The van der Waals surface area contributed by atoms with E-state index in [9.17, 15) is 20.0 Å². The highest BCUT2D eigenvalue weighted by Gasteiger charge is 2.30. The van der Waals surface area contributed by atoms with Gasteiger partial charge in [-0.2, -0.15) is 0 Å². The Labute approximate surface area is 122 Å². The standard InChI is InChI=1S/C14H19N3O4/c1-15(2)14(19)10-5-6-12(17(20)21)13(8-10)16-7-3-4-11(16)9-18/h5-6,8,11,18H,3-4,7,9H2,1-2H3. The number of nitro groups is 1. The minimum absolute atomic E-state index is 0.0364. The van der Waals surface area contributed by atoms with E-state index in [0.717, 1.165) is 12.8 Å². The normalized spacial score (nSPS) is 17.9. The Kier molecular flexibility index (Phi) is 4.42. The highest BCUT2D eigenvalue weighted by molar-refractivity contribution is 5.95. The molecule has 0 saturated carbocycles. The van der Waals surface area contributed by atoms with Crippen molar-refractivity contribution in [3.05, 3.63) is 33.9 Å². The van der Waals surface area contributed by atoms with E-state index in [1.807, 2.05) is 4.90 Å². The topological polar surface area (TPSA) is 86.9 Å². The molecule has 114 valence electrons. The maximum atomic E-state index is 12.0. The predicted molar refractivity (Wildman–Crippen MR) is 78.6 cm³/mol. The Morgan fingerprint density at radius 1 is 1.52 bits per heavy atom. The van der Waals surface area contributed by atoms with Crippen LogP contribution in [0.15, 0.2) is 18.2 Å². The average Bonchev–Trinajstić information content (AvgIpc) is 2.93. The summed E-state index contributed by atoms with van der Waals surface area (Å²) in [5.74, 6) is -0.203. The molecule has 1 atom stereocenters. The molecule has 0 bridgehead atoms. The van der Waals surface area contributed by atoms with Crippen molar-refractivity contribution in [1.82, 2.24) is 4.90 Å². The molecule has 7 nitrogen and oxygen atoms in total. The van der Waals surface area contributed by atoms with Crippen molar-refractivity contribution in [2.75, 3.05) is 32.1 Å². The second-order valence-corrected chi connectivity index (χ2v) is 5.33. The van der Waals surface area contributed by atoms with Crippen LogP contribution >= 0.6 is 0 Å². The first-order valence-corrected chi connectivity index (χ1v) is 6.83. The zero-order valence-electron chi connectivity index (χ0n) is 12.2. The first-order valence-electron chi connectivity index (χ1n) is 6.83. The molecule has 0 aromatic heterocycles. The number of hydrogen-bond donors (Lipinski definition) is 1. The molecule has 1 unspecified atom stereocenters. The smallest absolute Gasteiger partial charge is 0.292 e. The van der Waals surface area contributed by atoms with Gasteiger partial charge in [0.2, 0.25) is 0 Å². The van der Waals surface area contributed by atoms with Crippen molar-refractivity contribution in [3.8, 4) is 0 Å². The van der Waals surface area contributed by atoms with Crippen LogP contribution in [0.3, 0.4) is 0 Å². The number of anilines is 1. The molecule has 1 N–H and O–H groups in total. The summed E-state index contributed by atoms with van der Waals surface area (Å²) >= 11 is 0. The van der Waals surface area contributed by atoms with Gasteiger partial charge in [-0.05, 0) is 25.0 Å². The summed E-state index contributed by atoms with van der Waals surface area (Å²) in [4.78, 5) is 26.0. The van der Waals surface area contributed by atoms with E-state index in [2.05, 4.69) is 0 Å². The van der Waals surface area contributed by atoms with Crippen LogP contribution in [0.4, 0.5) is 11.4 Å². The van der Waals surface area contributed by atoms with Crippen LogP contribution in [0.5, 0.6) is 0 Å². The first kappa shape index (κ1) is 15.2. The Bertz CT molecular complexity index is 559. The Balaban J connectivity index is 2.47. The predicted octanol–water partition coefficient (Wildman–Crippen LogP) is 1.26. The van der Waals surface area contributed by atoms with E-state index < -0.39 is 4.92 Å². The molecule has 21 heavy (non-hydrogen) atoms.